The van der Waals surface area contributed by atoms with Gasteiger partial charge in [0.15, 0.2) is 0 Å². The summed E-state index contributed by atoms with van der Waals surface area (Å²) in [5.74, 6) is 0.820. The summed E-state index contributed by atoms with van der Waals surface area (Å²) in [5, 5.41) is 3.50. The van der Waals surface area contributed by atoms with Crippen molar-refractivity contribution in [3.05, 3.63) is 26.6 Å². The third-order valence-electron chi connectivity index (χ3n) is 3.14. The maximum absolute atomic E-state index is 5.76. The van der Waals surface area contributed by atoms with Gasteiger partial charge in [-0.25, -0.2) is 0 Å². The lowest BCUT2D eigenvalue weighted by molar-refractivity contribution is 0.0542. The van der Waals surface area contributed by atoms with Gasteiger partial charge in [0.1, 0.15) is 12.4 Å². The van der Waals surface area contributed by atoms with Gasteiger partial charge in [0.25, 0.3) is 0 Å². The third-order valence-corrected chi connectivity index (χ3v) is 4.31. The van der Waals surface area contributed by atoms with Gasteiger partial charge in [-0.2, -0.15) is 0 Å². The molecular formula is C15H21Br2NO3. The Morgan fingerprint density at radius 1 is 1.10 bits per heavy atom. The van der Waals surface area contributed by atoms with E-state index >= 15 is 0 Å². The standard InChI is InChI=1S/C15H21Br2NO3/c1-19-4-5-20-6-7-21-15-13(16)8-11(9-14(15)17)10-18-12-2-3-12/h8-9,12,18H,2-7,10H2,1H3. The summed E-state index contributed by atoms with van der Waals surface area (Å²) in [7, 11) is 1.66. The van der Waals surface area contributed by atoms with Crippen molar-refractivity contribution in [3.63, 3.8) is 0 Å². The fourth-order valence-electron chi connectivity index (χ4n) is 1.85. The third kappa shape index (κ3) is 6.24. The molecule has 1 aliphatic rings. The van der Waals surface area contributed by atoms with E-state index in [0.29, 0.717) is 32.5 Å². The molecule has 0 bridgehead atoms. The van der Waals surface area contributed by atoms with Gasteiger partial charge >= 0.3 is 0 Å². The van der Waals surface area contributed by atoms with Gasteiger partial charge in [-0.15, -0.1) is 0 Å². The highest BCUT2D eigenvalue weighted by Crippen LogP contribution is 2.35. The molecule has 0 spiro atoms. The van der Waals surface area contributed by atoms with E-state index in [2.05, 4.69) is 49.3 Å². The first kappa shape index (κ1) is 17.2. The molecule has 21 heavy (non-hydrogen) atoms. The molecule has 1 fully saturated rings. The number of rotatable bonds is 10. The Bertz CT molecular complexity index is 430. The molecule has 0 aromatic heterocycles. The number of hydrogen-bond donors (Lipinski definition) is 1. The summed E-state index contributed by atoms with van der Waals surface area (Å²) in [6.07, 6.45) is 2.60. The van der Waals surface area contributed by atoms with Crippen molar-refractivity contribution in [2.45, 2.75) is 25.4 Å². The molecule has 0 heterocycles. The lowest BCUT2D eigenvalue weighted by Crippen LogP contribution is -2.15. The average molecular weight is 423 g/mol. The van der Waals surface area contributed by atoms with E-state index in [0.717, 1.165) is 21.2 Å². The van der Waals surface area contributed by atoms with Gasteiger partial charge in [0.2, 0.25) is 0 Å². The molecule has 1 aliphatic carbocycles. The monoisotopic (exact) mass is 421 g/mol. The topological polar surface area (TPSA) is 39.7 Å². The lowest BCUT2D eigenvalue weighted by Gasteiger charge is -2.13. The van der Waals surface area contributed by atoms with Crippen LogP contribution in [0.3, 0.4) is 0 Å². The Morgan fingerprint density at radius 2 is 1.76 bits per heavy atom. The van der Waals surface area contributed by atoms with Gasteiger partial charge < -0.3 is 19.5 Å². The Kier molecular flexibility index (Phi) is 7.46. The van der Waals surface area contributed by atoms with Crippen LogP contribution in [-0.2, 0) is 16.0 Å². The number of halogens is 2. The highest BCUT2D eigenvalue weighted by atomic mass is 79.9. The summed E-state index contributed by atoms with van der Waals surface area (Å²) in [5.41, 5.74) is 1.24. The van der Waals surface area contributed by atoms with Crippen molar-refractivity contribution in [2.75, 3.05) is 33.5 Å². The van der Waals surface area contributed by atoms with Gasteiger partial charge in [-0.3, -0.25) is 0 Å². The zero-order chi connectivity index (χ0) is 15.1. The lowest BCUT2D eigenvalue weighted by atomic mass is 10.2. The minimum absolute atomic E-state index is 0.514. The normalized spacial score (nSPS) is 14.4. The largest absolute Gasteiger partial charge is 0.489 e. The van der Waals surface area contributed by atoms with Crippen molar-refractivity contribution < 1.29 is 14.2 Å². The Labute approximate surface area is 142 Å². The van der Waals surface area contributed by atoms with E-state index in [1.165, 1.54) is 18.4 Å². The minimum Gasteiger partial charge on any atom is -0.489 e. The summed E-state index contributed by atoms with van der Waals surface area (Å²) in [6, 6.07) is 4.91. The van der Waals surface area contributed by atoms with Gasteiger partial charge in [0, 0.05) is 19.7 Å². The molecule has 0 aliphatic heterocycles. The highest BCUT2D eigenvalue weighted by Gasteiger charge is 2.20. The van der Waals surface area contributed by atoms with Crippen LogP contribution < -0.4 is 10.1 Å². The SMILES string of the molecule is COCCOCCOc1c(Br)cc(CNC2CC2)cc1Br. The van der Waals surface area contributed by atoms with Crippen LogP contribution in [0.15, 0.2) is 21.1 Å². The zero-order valence-corrected chi connectivity index (χ0v) is 15.3. The van der Waals surface area contributed by atoms with Crippen molar-refractivity contribution in [1.29, 1.82) is 0 Å². The second kappa shape index (κ2) is 9.10. The number of ether oxygens (including phenoxy) is 3. The number of methoxy groups -OCH3 is 1. The maximum Gasteiger partial charge on any atom is 0.147 e. The molecule has 0 amide bonds. The molecule has 118 valence electrons. The van der Waals surface area contributed by atoms with Crippen LogP contribution in [0.2, 0.25) is 0 Å². The molecule has 2 rings (SSSR count). The van der Waals surface area contributed by atoms with E-state index in [1.54, 1.807) is 7.11 Å². The first-order chi connectivity index (χ1) is 10.2. The second-order valence-electron chi connectivity index (χ2n) is 5.00. The molecule has 0 unspecified atom stereocenters. The highest BCUT2D eigenvalue weighted by molar-refractivity contribution is 9.11. The molecule has 1 N–H and O–H groups in total. The summed E-state index contributed by atoms with van der Waals surface area (Å²) < 4.78 is 18.0. The quantitative estimate of drug-likeness (QED) is 0.585. The first-order valence-corrected chi connectivity index (χ1v) is 8.70. The fraction of sp³-hybridized carbons (Fsp3) is 0.600. The van der Waals surface area contributed by atoms with Crippen LogP contribution in [-0.4, -0.2) is 39.6 Å². The number of nitrogens with one attached hydrogen (secondary N) is 1. The Balaban J connectivity index is 1.78. The van der Waals surface area contributed by atoms with Crippen LogP contribution in [0.4, 0.5) is 0 Å². The summed E-state index contributed by atoms with van der Waals surface area (Å²) >= 11 is 7.14. The van der Waals surface area contributed by atoms with Crippen LogP contribution in [0.25, 0.3) is 0 Å². The fourth-order valence-corrected chi connectivity index (χ4v) is 3.36. The molecule has 1 aromatic carbocycles. The Morgan fingerprint density at radius 3 is 2.38 bits per heavy atom. The van der Waals surface area contributed by atoms with Crippen molar-refractivity contribution in [3.8, 4) is 5.75 Å². The van der Waals surface area contributed by atoms with Crippen molar-refractivity contribution in [2.24, 2.45) is 0 Å². The molecule has 1 saturated carbocycles. The van der Waals surface area contributed by atoms with Crippen molar-refractivity contribution in [1.82, 2.24) is 5.32 Å². The molecule has 0 saturated heterocycles. The van der Waals surface area contributed by atoms with E-state index in [9.17, 15) is 0 Å². The first-order valence-electron chi connectivity index (χ1n) is 7.11. The molecule has 0 atom stereocenters. The van der Waals surface area contributed by atoms with Crippen LogP contribution in [0.1, 0.15) is 18.4 Å². The molecule has 0 radical (unpaired) electrons. The van der Waals surface area contributed by atoms with Crippen LogP contribution in [0, 0.1) is 0 Å². The van der Waals surface area contributed by atoms with Gasteiger partial charge in [-0.05, 0) is 62.4 Å². The van der Waals surface area contributed by atoms with Crippen LogP contribution >= 0.6 is 31.9 Å². The average Bonchev–Trinajstić information content (AvgIpc) is 3.27. The van der Waals surface area contributed by atoms with E-state index in [1.807, 2.05) is 0 Å². The Hall–Kier alpha value is -0.140. The predicted molar refractivity (Wildman–Crippen MR) is 89.9 cm³/mol. The molecule has 4 nitrogen and oxygen atoms in total. The molecular weight excluding hydrogens is 402 g/mol. The van der Waals surface area contributed by atoms with E-state index in [4.69, 9.17) is 14.2 Å². The number of hydrogen-bond acceptors (Lipinski definition) is 4. The molecule has 6 heteroatoms. The van der Waals surface area contributed by atoms with Crippen molar-refractivity contribution >= 4 is 31.9 Å². The smallest absolute Gasteiger partial charge is 0.147 e. The summed E-state index contributed by atoms with van der Waals surface area (Å²) in [4.78, 5) is 0. The second-order valence-corrected chi connectivity index (χ2v) is 6.71. The zero-order valence-electron chi connectivity index (χ0n) is 12.2. The van der Waals surface area contributed by atoms with Crippen LogP contribution in [0.5, 0.6) is 5.75 Å². The summed E-state index contributed by atoms with van der Waals surface area (Å²) in [6.45, 7) is 3.15. The number of benzene rings is 1. The maximum atomic E-state index is 5.76. The van der Waals surface area contributed by atoms with Gasteiger partial charge in [0.05, 0.1) is 28.8 Å². The predicted octanol–water partition coefficient (Wildman–Crippen LogP) is 3.51. The minimum atomic E-state index is 0.514. The van der Waals surface area contributed by atoms with E-state index < -0.39 is 0 Å². The molecule has 1 aromatic rings. The van der Waals surface area contributed by atoms with E-state index in [-0.39, 0.29) is 0 Å². The van der Waals surface area contributed by atoms with Gasteiger partial charge in [-0.1, -0.05) is 0 Å².